The van der Waals surface area contributed by atoms with Gasteiger partial charge in [0.25, 0.3) is 5.91 Å². The van der Waals surface area contributed by atoms with Crippen LogP contribution in [0.4, 0.5) is 0 Å². The minimum absolute atomic E-state index is 0.143. The molecule has 0 spiro atoms. The molecule has 0 aromatic heterocycles. The first kappa shape index (κ1) is 20.7. The summed E-state index contributed by atoms with van der Waals surface area (Å²) in [6.45, 7) is 2.48. The molecule has 0 radical (unpaired) electrons. The monoisotopic (exact) mass is 398 g/mol. The fourth-order valence-electron chi connectivity index (χ4n) is 3.15. The van der Waals surface area contributed by atoms with Crippen LogP contribution in [0.25, 0.3) is 17.2 Å². The van der Waals surface area contributed by atoms with Gasteiger partial charge in [0, 0.05) is 11.6 Å². The Morgan fingerprint density at radius 2 is 1.87 bits per heavy atom. The molecule has 0 aliphatic heterocycles. The number of nitriles is 1. The highest BCUT2D eigenvalue weighted by Gasteiger charge is 2.10. The van der Waals surface area contributed by atoms with Gasteiger partial charge in [-0.25, -0.2) is 0 Å². The van der Waals surface area contributed by atoms with Crippen LogP contribution in [0.3, 0.4) is 0 Å². The van der Waals surface area contributed by atoms with Gasteiger partial charge in [0.2, 0.25) is 0 Å². The third kappa shape index (κ3) is 4.68. The molecule has 0 fully saturated rings. The number of amides is 1. The van der Waals surface area contributed by atoms with E-state index in [0.717, 1.165) is 16.7 Å². The summed E-state index contributed by atoms with van der Waals surface area (Å²) < 4.78 is 11.4. The molecule has 0 unspecified atom stereocenters. The third-order valence-corrected chi connectivity index (χ3v) is 4.82. The molecule has 1 amide bonds. The van der Waals surface area contributed by atoms with Crippen LogP contribution in [0, 0.1) is 18.3 Å². The third-order valence-electron chi connectivity index (χ3n) is 4.82. The molecule has 3 aromatic carbocycles. The SMILES string of the molecule is COc1cc(OCc2cccc(-c3ccccc3)c2C)ccc1C=C(C#N)C(N)=O. The van der Waals surface area contributed by atoms with E-state index in [1.54, 1.807) is 24.3 Å². The van der Waals surface area contributed by atoms with Gasteiger partial charge in [-0.15, -0.1) is 0 Å². The number of primary amides is 1. The zero-order valence-electron chi connectivity index (χ0n) is 16.9. The van der Waals surface area contributed by atoms with Crippen LogP contribution in [-0.2, 0) is 11.4 Å². The Kier molecular flexibility index (Phi) is 6.51. The second-order valence-corrected chi connectivity index (χ2v) is 6.68. The Morgan fingerprint density at radius 3 is 2.53 bits per heavy atom. The topological polar surface area (TPSA) is 85.3 Å². The molecule has 3 rings (SSSR count). The van der Waals surface area contributed by atoms with Gasteiger partial charge in [-0.2, -0.15) is 5.26 Å². The maximum Gasteiger partial charge on any atom is 0.259 e. The summed E-state index contributed by atoms with van der Waals surface area (Å²) in [5.74, 6) is 0.316. The molecule has 0 saturated heterocycles. The summed E-state index contributed by atoms with van der Waals surface area (Å²) in [5.41, 5.74) is 10.2. The zero-order chi connectivity index (χ0) is 21.5. The fraction of sp³-hybridized carbons (Fsp3) is 0.120. The van der Waals surface area contributed by atoms with Gasteiger partial charge in [0.15, 0.2) is 0 Å². The molecule has 0 aliphatic rings. The number of nitrogens with two attached hydrogens (primary N) is 1. The van der Waals surface area contributed by atoms with Crippen molar-refractivity contribution in [3.63, 3.8) is 0 Å². The van der Waals surface area contributed by atoms with Gasteiger partial charge in [-0.1, -0.05) is 48.5 Å². The van der Waals surface area contributed by atoms with Crippen molar-refractivity contribution in [2.45, 2.75) is 13.5 Å². The van der Waals surface area contributed by atoms with Crippen molar-refractivity contribution < 1.29 is 14.3 Å². The Morgan fingerprint density at radius 1 is 1.10 bits per heavy atom. The molecule has 0 saturated carbocycles. The Balaban J connectivity index is 1.82. The van der Waals surface area contributed by atoms with E-state index < -0.39 is 5.91 Å². The van der Waals surface area contributed by atoms with E-state index >= 15 is 0 Å². The number of hydrogen-bond donors (Lipinski definition) is 1. The van der Waals surface area contributed by atoms with Gasteiger partial charge in [-0.05, 0) is 47.4 Å². The normalized spacial score (nSPS) is 10.9. The van der Waals surface area contributed by atoms with Crippen LogP contribution in [-0.4, -0.2) is 13.0 Å². The first-order valence-electron chi connectivity index (χ1n) is 9.40. The van der Waals surface area contributed by atoms with Crippen molar-refractivity contribution in [1.29, 1.82) is 5.26 Å². The quantitative estimate of drug-likeness (QED) is 0.464. The van der Waals surface area contributed by atoms with Crippen LogP contribution < -0.4 is 15.2 Å². The van der Waals surface area contributed by atoms with E-state index in [-0.39, 0.29) is 5.57 Å². The van der Waals surface area contributed by atoms with Gasteiger partial charge in [-0.3, -0.25) is 4.79 Å². The van der Waals surface area contributed by atoms with Crippen LogP contribution in [0.1, 0.15) is 16.7 Å². The maximum atomic E-state index is 11.3. The average molecular weight is 398 g/mol. The number of hydrogen-bond acceptors (Lipinski definition) is 4. The summed E-state index contributed by atoms with van der Waals surface area (Å²) in [6, 6.07) is 23.4. The number of rotatable bonds is 7. The number of benzene rings is 3. The van der Waals surface area contributed by atoms with Crippen molar-refractivity contribution in [3.8, 4) is 28.7 Å². The summed E-state index contributed by atoms with van der Waals surface area (Å²) in [7, 11) is 1.51. The highest BCUT2D eigenvalue weighted by molar-refractivity contribution is 6.00. The number of nitrogens with zero attached hydrogens (tertiary/aromatic N) is 1. The van der Waals surface area contributed by atoms with Gasteiger partial charge in [0.1, 0.15) is 29.7 Å². The predicted molar refractivity (Wildman–Crippen MR) is 117 cm³/mol. The van der Waals surface area contributed by atoms with Crippen molar-refractivity contribution in [3.05, 3.63) is 89.0 Å². The minimum atomic E-state index is -0.784. The molecule has 2 N–H and O–H groups in total. The second-order valence-electron chi connectivity index (χ2n) is 6.68. The lowest BCUT2D eigenvalue weighted by molar-refractivity contribution is -0.114. The van der Waals surface area contributed by atoms with Gasteiger partial charge >= 0.3 is 0 Å². The average Bonchev–Trinajstić information content (AvgIpc) is 2.77. The molecule has 0 atom stereocenters. The lowest BCUT2D eigenvalue weighted by Crippen LogP contribution is -2.12. The number of carbonyl (C=O) groups excluding carboxylic acids is 1. The Labute approximate surface area is 176 Å². The summed E-state index contributed by atoms with van der Waals surface area (Å²) in [5, 5.41) is 9.03. The summed E-state index contributed by atoms with van der Waals surface area (Å²) >= 11 is 0. The van der Waals surface area contributed by atoms with E-state index in [0.29, 0.717) is 23.7 Å². The van der Waals surface area contributed by atoms with Crippen LogP contribution in [0.2, 0.25) is 0 Å². The first-order chi connectivity index (χ1) is 14.5. The first-order valence-corrected chi connectivity index (χ1v) is 9.40. The van der Waals surface area contributed by atoms with Gasteiger partial charge < -0.3 is 15.2 Å². The Hall–Kier alpha value is -4.04. The molecule has 5 heteroatoms. The summed E-state index contributed by atoms with van der Waals surface area (Å²) in [6.07, 6.45) is 1.40. The standard InChI is InChI=1S/C25H22N2O3/c1-17-20(9-6-10-23(17)18-7-4-3-5-8-18)16-30-22-12-11-19(24(14-22)29-2)13-21(15-26)25(27)28/h3-14H,16H2,1-2H3,(H2,27,28). The van der Waals surface area contributed by atoms with Gasteiger partial charge in [0.05, 0.1) is 7.11 Å². The lowest BCUT2D eigenvalue weighted by Gasteiger charge is -2.14. The number of ether oxygens (including phenoxy) is 2. The largest absolute Gasteiger partial charge is 0.496 e. The Bertz CT molecular complexity index is 1130. The zero-order valence-corrected chi connectivity index (χ0v) is 16.9. The van der Waals surface area contributed by atoms with E-state index in [1.807, 2.05) is 30.3 Å². The molecule has 150 valence electrons. The molecule has 0 aliphatic carbocycles. The van der Waals surface area contributed by atoms with E-state index in [2.05, 4.69) is 25.1 Å². The van der Waals surface area contributed by atoms with E-state index in [9.17, 15) is 4.79 Å². The number of carbonyl (C=O) groups is 1. The predicted octanol–water partition coefficient (Wildman–Crippen LogP) is 4.64. The van der Waals surface area contributed by atoms with E-state index in [4.69, 9.17) is 20.5 Å². The molecular weight excluding hydrogens is 376 g/mol. The fourth-order valence-corrected chi connectivity index (χ4v) is 3.15. The summed E-state index contributed by atoms with van der Waals surface area (Å²) in [4.78, 5) is 11.3. The number of methoxy groups -OCH3 is 1. The van der Waals surface area contributed by atoms with Crippen molar-refractivity contribution >= 4 is 12.0 Å². The second kappa shape index (κ2) is 9.44. The van der Waals surface area contributed by atoms with Crippen molar-refractivity contribution in [1.82, 2.24) is 0 Å². The minimum Gasteiger partial charge on any atom is -0.496 e. The van der Waals surface area contributed by atoms with E-state index in [1.165, 1.54) is 18.7 Å². The highest BCUT2D eigenvalue weighted by atomic mass is 16.5. The smallest absolute Gasteiger partial charge is 0.259 e. The molecule has 3 aromatic rings. The molecule has 5 nitrogen and oxygen atoms in total. The maximum absolute atomic E-state index is 11.3. The van der Waals surface area contributed by atoms with Crippen LogP contribution >= 0.6 is 0 Å². The molecule has 0 heterocycles. The molecule has 30 heavy (non-hydrogen) atoms. The molecule has 0 bridgehead atoms. The van der Waals surface area contributed by atoms with Crippen LogP contribution in [0.5, 0.6) is 11.5 Å². The van der Waals surface area contributed by atoms with Crippen molar-refractivity contribution in [2.24, 2.45) is 5.73 Å². The van der Waals surface area contributed by atoms with Crippen LogP contribution in [0.15, 0.2) is 72.3 Å². The van der Waals surface area contributed by atoms with Crippen molar-refractivity contribution in [2.75, 3.05) is 7.11 Å². The highest BCUT2D eigenvalue weighted by Crippen LogP contribution is 2.29. The molecular formula is C25H22N2O3. The lowest BCUT2D eigenvalue weighted by atomic mass is 9.97.